The summed E-state index contributed by atoms with van der Waals surface area (Å²) < 4.78 is 20.8. The molecule has 3 aromatic rings. The Bertz CT molecular complexity index is 1150. The second-order valence-electron chi connectivity index (χ2n) is 6.36. The maximum atomic E-state index is 14.6. The van der Waals surface area contributed by atoms with E-state index in [2.05, 4.69) is 4.98 Å². The molecular formula is C18H11Cl2FN2O4S. The third-order valence-corrected chi connectivity index (χ3v) is 5.96. The van der Waals surface area contributed by atoms with Gasteiger partial charge in [-0.3, -0.25) is 9.59 Å². The van der Waals surface area contributed by atoms with Gasteiger partial charge in [-0.2, -0.15) is 0 Å². The van der Waals surface area contributed by atoms with E-state index in [1.807, 2.05) is 0 Å². The van der Waals surface area contributed by atoms with Crippen molar-refractivity contribution in [1.29, 1.82) is 0 Å². The second-order valence-corrected chi connectivity index (χ2v) is 8.18. The van der Waals surface area contributed by atoms with Crippen molar-refractivity contribution in [2.75, 3.05) is 4.90 Å². The second kappa shape index (κ2) is 6.58. The molecule has 28 heavy (non-hydrogen) atoms. The van der Waals surface area contributed by atoms with Crippen molar-refractivity contribution in [3.05, 3.63) is 46.2 Å². The van der Waals surface area contributed by atoms with Gasteiger partial charge in [0, 0.05) is 5.02 Å². The van der Waals surface area contributed by atoms with Crippen molar-refractivity contribution in [2.45, 2.75) is 18.9 Å². The highest BCUT2D eigenvalue weighted by atomic mass is 35.5. The first-order valence-electron chi connectivity index (χ1n) is 7.99. The molecule has 1 aliphatic heterocycles. The van der Waals surface area contributed by atoms with E-state index in [1.165, 1.54) is 31.2 Å². The zero-order valence-corrected chi connectivity index (χ0v) is 16.5. The molecule has 1 N–H and O–H groups in total. The first-order valence-corrected chi connectivity index (χ1v) is 9.56. The smallest absolute Gasteiger partial charge is 0.307 e. The highest BCUT2D eigenvalue weighted by Gasteiger charge is 2.48. The average molecular weight is 441 g/mol. The van der Waals surface area contributed by atoms with Gasteiger partial charge in [0.15, 0.2) is 16.5 Å². The van der Waals surface area contributed by atoms with Crippen LogP contribution < -0.4 is 9.64 Å². The number of anilines is 2. The molecule has 0 aliphatic carbocycles. The van der Waals surface area contributed by atoms with E-state index in [1.54, 1.807) is 6.07 Å². The number of thiazole rings is 1. The molecule has 144 valence electrons. The Kier molecular flexibility index (Phi) is 4.45. The van der Waals surface area contributed by atoms with E-state index in [9.17, 15) is 19.1 Å². The molecule has 1 unspecified atom stereocenters. The van der Waals surface area contributed by atoms with E-state index in [0.29, 0.717) is 20.3 Å². The van der Waals surface area contributed by atoms with Gasteiger partial charge in [0.2, 0.25) is 0 Å². The maximum absolute atomic E-state index is 14.6. The Morgan fingerprint density at radius 3 is 2.86 bits per heavy atom. The van der Waals surface area contributed by atoms with Gasteiger partial charge in [-0.25, -0.2) is 14.3 Å². The number of fused-ring (bicyclic) bond motifs is 2. The summed E-state index contributed by atoms with van der Waals surface area (Å²) in [6.07, 6.45) is -0.601. The van der Waals surface area contributed by atoms with Crippen LogP contribution in [0.5, 0.6) is 5.75 Å². The lowest BCUT2D eigenvalue weighted by atomic mass is 9.97. The molecule has 1 aliphatic rings. The number of halogens is 3. The summed E-state index contributed by atoms with van der Waals surface area (Å²) >= 11 is 13.3. The van der Waals surface area contributed by atoms with Gasteiger partial charge < -0.3 is 9.84 Å². The van der Waals surface area contributed by atoms with Gasteiger partial charge in [0.1, 0.15) is 11.4 Å². The minimum Gasteiger partial charge on any atom is -0.481 e. The summed E-state index contributed by atoms with van der Waals surface area (Å²) in [5.41, 5.74) is -1.42. The number of aliphatic carboxylic acids is 1. The van der Waals surface area contributed by atoms with E-state index in [0.717, 1.165) is 16.2 Å². The minimum absolute atomic E-state index is 0.0479. The molecule has 1 amide bonds. The number of carbonyl (C=O) groups is 2. The fourth-order valence-corrected chi connectivity index (χ4v) is 4.60. The normalized spacial score (nSPS) is 18.9. The molecule has 0 spiro atoms. The Morgan fingerprint density at radius 2 is 2.14 bits per heavy atom. The van der Waals surface area contributed by atoms with Crippen LogP contribution in [0, 0.1) is 5.82 Å². The molecule has 1 aromatic heterocycles. The monoisotopic (exact) mass is 440 g/mol. The van der Waals surface area contributed by atoms with Crippen LogP contribution in [0.15, 0.2) is 30.3 Å². The molecule has 4 rings (SSSR count). The Morgan fingerprint density at radius 1 is 1.39 bits per heavy atom. The number of carboxylic acid groups (broad SMARTS) is 1. The van der Waals surface area contributed by atoms with Crippen molar-refractivity contribution in [1.82, 2.24) is 4.98 Å². The lowest BCUT2D eigenvalue weighted by Crippen LogP contribution is -2.54. The molecule has 2 heterocycles. The highest BCUT2D eigenvalue weighted by molar-refractivity contribution is 7.23. The van der Waals surface area contributed by atoms with Crippen LogP contribution in [0.3, 0.4) is 0 Å². The fourth-order valence-electron chi connectivity index (χ4n) is 3.05. The van der Waals surface area contributed by atoms with E-state index < -0.39 is 29.7 Å². The quantitative estimate of drug-likeness (QED) is 0.617. The standard InChI is InChI=1S/C18H11Cl2FN2O4S/c1-18(7-13(24)25)16(26)23(14-10(21)3-2-4-12(14)27-18)17-22-11-6-8(19)5-9(20)15(11)28-17/h2-6H,7H2,1H3,(H,24,25). The minimum atomic E-state index is -1.73. The molecule has 0 bridgehead atoms. The third-order valence-electron chi connectivity index (χ3n) is 4.24. The lowest BCUT2D eigenvalue weighted by Gasteiger charge is -2.38. The molecular weight excluding hydrogens is 430 g/mol. The van der Waals surface area contributed by atoms with Crippen LogP contribution in [-0.4, -0.2) is 27.6 Å². The van der Waals surface area contributed by atoms with Crippen LogP contribution >= 0.6 is 34.5 Å². The number of carboxylic acids is 1. The maximum Gasteiger partial charge on any atom is 0.307 e. The molecule has 0 radical (unpaired) electrons. The number of rotatable bonds is 3. The molecule has 6 nitrogen and oxygen atoms in total. The Hall–Kier alpha value is -2.42. The van der Waals surface area contributed by atoms with Crippen molar-refractivity contribution < 1.29 is 23.8 Å². The van der Waals surface area contributed by atoms with Crippen LogP contribution in [-0.2, 0) is 9.59 Å². The van der Waals surface area contributed by atoms with Gasteiger partial charge in [-0.15, -0.1) is 0 Å². The number of hydrogen-bond donors (Lipinski definition) is 1. The number of hydrogen-bond acceptors (Lipinski definition) is 5. The third kappa shape index (κ3) is 2.97. The summed E-state index contributed by atoms with van der Waals surface area (Å²) in [6, 6.07) is 7.18. The van der Waals surface area contributed by atoms with Gasteiger partial charge in [-0.05, 0) is 31.2 Å². The number of amides is 1. The number of aromatic nitrogens is 1. The van der Waals surface area contributed by atoms with Crippen LogP contribution in [0.1, 0.15) is 13.3 Å². The number of para-hydroxylation sites is 1. The summed E-state index contributed by atoms with van der Waals surface area (Å²) in [5, 5.41) is 10.1. The Balaban J connectivity index is 1.95. The Labute approximate surface area is 172 Å². The van der Waals surface area contributed by atoms with Crippen LogP contribution in [0.2, 0.25) is 10.0 Å². The van der Waals surface area contributed by atoms with Crippen molar-refractivity contribution >= 4 is 67.5 Å². The van der Waals surface area contributed by atoms with Gasteiger partial charge in [-0.1, -0.05) is 40.6 Å². The predicted octanol–water partition coefficient (Wildman–Crippen LogP) is 5.03. The number of benzene rings is 2. The van der Waals surface area contributed by atoms with Crippen molar-refractivity contribution in [2.24, 2.45) is 0 Å². The number of ether oxygens (including phenoxy) is 1. The summed E-state index contributed by atoms with van der Waals surface area (Å²) in [5.74, 6) is -2.62. The fraction of sp³-hybridized carbons (Fsp3) is 0.167. The van der Waals surface area contributed by atoms with Crippen molar-refractivity contribution in [3.63, 3.8) is 0 Å². The van der Waals surface area contributed by atoms with Gasteiger partial charge in [0.25, 0.3) is 5.91 Å². The summed E-state index contributed by atoms with van der Waals surface area (Å²) in [6.45, 7) is 1.35. The molecule has 1 atom stereocenters. The zero-order chi connectivity index (χ0) is 20.2. The highest BCUT2D eigenvalue weighted by Crippen LogP contribution is 2.47. The summed E-state index contributed by atoms with van der Waals surface area (Å²) in [7, 11) is 0. The topological polar surface area (TPSA) is 79.7 Å². The first-order chi connectivity index (χ1) is 13.2. The first kappa shape index (κ1) is 18.9. The molecule has 0 saturated heterocycles. The SMILES string of the molecule is CC1(CC(=O)O)Oc2cccc(F)c2N(c2nc3cc(Cl)cc(Cl)c3s2)C1=O. The average Bonchev–Trinajstić information content (AvgIpc) is 3.00. The zero-order valence-electron chi connectivity index (χ0n) is 14.2. The predicted molar refractivity (Wildman–Crippen MR) is 104 cm³/mol. The van der Waals surface area contributed by atoms with Crippen molar-refractivity contribution in [3.8, 4) is 5.75 Å². The van der Waals surface area contributed by atoms with Gasteiger partial charge in [0.05, 0.1) is 21.7 Å². The van der Waals surface area contributed by atoms with E-state index in [4.69, 9.17) is 27.9 Å². The van der Waals surface area contributed by atoms with E-state index >= 15 is 0 Å². The molecule has 0 fully saturated rings. The van der Waals surface area contributed by atoms with Gasteiger partial charge >= 0.3 is 5.97 Å². The molecule has 2 aromatic carbocycles. The van der Waals surface area contributed by atoms with Crippen LogP contribution in [0.4, 0.5) is 15.2 Å². The summed E-state index contributed by atoms with van der Waals surface area (Å²) in [4.78, 5) is 29.9. The van der Waals surface area contributed by atoms with Crippen LogP contribution in [0.25, 0.3) is 10.2 Å². The number of carbonyl (C=O) groups excluding carboxylic acids is 1. The molecule has 10 heteroatoms. The largest absolute Gasteiger partial charge is 0.481 e. The molecule has 0 saturated carbocycles. The van der Waals surface area contributed by atoms with E-state index in [-0.39, 0.29) is 16.6 Å². The number of nitrogens with zero attached hydrogens (tertiary/aromatic N) is 2. The lowest BCUT2D eigenvalue weighted by molar-refractivity contribution is -0.148.